The summed E-state index contributed by atoms with van der Waals surface area (Å²) in [6.45, 7) is 0. The van der Waals surface area contributed by atoms with Crippen molar-refractivity contribution in [3.05, 3.63) is 23.5 Å². The third kappa shape index (κ3) is 0.706. The summed E-state index contributed by atoms with van der Waals surface area (Å²) in [6, 6.07) is 0. The zero-order valence-electron chi connectivity index (χ0n) is 5.37. The van der Waals surface area contributed by atoms with E-state index in [1.165, 1.54) is 12.4 Å². The zero-order valence-corrected chi connectivity index (χ0v) is 5.37. The Bertz CT molecular complexity index is 314. The molecule has 1 N–H and O–H groups in total. The highest BCUT2D eigenvalue weighted by molar-refractivity contribution is 6.21. The third-order valence-electron chi connectivity index (χ3n) is 1.45. The van der Waals surface area contributed by atoms with Gasteiger partial charge in [-0.05, 0) is 0 Å². The first-order chi connectivity index (χ1) is 5.29. The van der Waals surface area contributed by atoms with E-state index in [1.54, 1.807) is 0 Å². The Morgan fingerprint density at radius 3 is 1.91 bits per heavy atom. The number of imide groups is 1. The average molecular weight is 149 g/mol. The first-order valence-electron chi connectivity index (χ1n) is 2.95. The second-order valence-electron chi connectivity index (χ2n) is 2.10. The van der Waals surface area contributed by atoms with Crippen molar-refractivity contribution >= 4 is 11.8 Å². The second kappa shape index (κ2) is 1.85. The number of hydrogen-bond donors (Lipinski definition) is 1. The van der Waals surface area contributed by atoms with Gasteiger partial charge in [0.1, 0.15) is 0 Å². The molecule has 0 atom stereocenters. The maximum Gasteiger partial charge on any atom is 0.260 e. The van der Waals surface area contributed by atoms with Gasteiger partial charge in [0.15, 0.2) is 0 Å². The van der Waals surface area contributed by atoms with Crippen molar-refractivity contribution < 1.29 is 9.59 Å². The van der Waals surface area contributed by atoms with E-state index in [4.69, 9.17) is 0 Å². The van der Waals surface area contributed by atoms with Crippen molar-refractivity contribution in [2.45, 2.75) is 0 Å². The standard InChI is InChI=1S/C6H3N3O2/c10-5-3-1-7-8-2-4(3)6(11)9-5/h1-2H,(H,9,10,11). The van der Waals surface area contributed by atoms with Crippen molar-refractivity contribution in [3.8, 4) is 0 Å². The van der Waals surface area contributed by atoms with Crippen LogP contribution in [0.1, 0.15) is 20.7 Å². The fraction of sp³-hybridized carbons (Fsp3) is 0. The van der Waals surface area contributed by atoms with Gasteiger partial charge in [-0.2, -0.15) is 10.2 Å². The third-order valence-corrected chi connectivity index (χ3v) is 1.45. The van der Waals surface area contributed by atoms with Crippen LogP contribution < -0.4 is 5.32 Å². The number of rotatable bonds is 0. The van der Waals surface area contributed by atoms with Gasteiger partial charge >= 0.3 is 0 Å². The summed E-state index contributed by atoms with van der Waals surface area (Å²) >= 11 is 0. The lowest BCUT2D eigenvalue weighted by Gasteiger charge is -1.86. The Balaban J connectivity index is 2.69. The summed E-state index contributed by atoms with van der Waals surface area (Å²) in [5, 5.41) is 9.08. The van der Waals surface area contributed by atoms with Gasteiger partial charge in [0, 0.05) is 0 Å². The van der Waals surface area contributed by atoms with E-state index in [2.05, 4.69) is 15.5 Å². The molecule has 0 radical (unpaired) electrons. The van der Waals surface area contributed by atoms with Crippen LogP contribution in [0.25, 0.3) is 0 Å². The minimum Gasteiger partial charge on any atom is -0.288 e. The minimum atomic E-state index is -0.403. The van der Waals surface area contributed by atoms with Gasteiger partial charge in [-0.25, -0.2) is 0 Å². The Labute approximate surface area is 61.4 Å². The van der Waals surface area contributed by atoms with Gasteiger partial charge in [0.05, 0.1) is 23.5 Å². The molecule has 0 spiro atoms. The molecular formula is C6H3N3O2. The van der Waals surface area contributed by atoms with Gasteiger partial charge < -0.3 is 0 Å². The van der Waals surface area contributed by atoms with Crippen molar-refractivity contribution in [2.75, 3.05) is 0 Å². The number of nitrogens with one attached hydrogen (secondary N) is 1. The molecule has 5 nitrogen and oxygen atoms in total. The molecule has 1 aliphatic heterocycles. The Morgan fingerprint density at radius 2 is 1.45 bits per heavy atom. The van der Waals surface area contributed by atoms with Crippen LogP contribution in [0, 0.1) is 0 Å². The fourth-order valence-electron chi connectivity index (χ4n) is 0.921. The molecule has 5 heteroatoms. The van der Waals surface area contributed by atoms with Crippen molar-refractivity contribution in [1.29, 1.82) is 0 Å². The molecule has 11 heavy (non-hydrogen) atoms. The molecule has 2 heterocycles. The first-order valence-corrected chi connectivity index (χ1v) is 2.95. The molecule has 0 bridgehead atoms. The number of amides is 2. The van der Waals surface area contributed by atoms with Crippen LogP contribution >= 0.6 is 0 Å². The highest BCUT2D eigenvalue weighted by atomic mass is 16.2. The lowest BCUT2D eigenvalue weighted by Crippen LogP contribution is -2.19. The van der Waals surface area contributed by atoms with E-state index in [1.807, 2.05) is 0 Å². The minimum absolute atomic E-state index is 0.296. The van der Waals surface area contributed by atoms with Crippen LogP contribution in [-0.4, -0.2) is 22.0 Å². The van der Waals surface area contributed by atoms with Crippen molar-refractivity contribution in [1.82, 2.24) is 15.5 Å². The van der Waals surface area contributed by atoms with E-state index in [0.29, 0.717) is 11.1 Å². The predicted molar refractivity (Wildman–Crippen MR) is 33.8 cm³/mol. The first kappa shape index (κ1) is 5.96. The normalized spacial score (nSPS) is 14.5. The summed E-state index contributed by atoms with van der Waals surface area (Å²) in [6.07, 6.45) is 2.55. The molecule has 0 aliphatic carbocycles. The van der Waals surface area contributed by atoms with E-state index in [9.17, 15) is 9.59 Å². The maximum atomic E-state index is 10.9. The second-order valence-corrected chi connectivity index (χ2v) is 2.10. The highest BCUT2D eigenvalue weighted by Gasteiger charge is 2.26. The Morgan fingerprint density at radius 1 is 1.00 bits per heavy atom. The molecule has 2 rings (SSSR count). The van der Waals surface area contributed by atoms with E-state index in [-0.39, 0.29) is 0 Å². The molecular weight excluding hydrogens is 146 g/mol. The number of aromatic nitrogens is 2. The molecule has 0 saturated heterocycles. The molecule has 0 saturated carbocycles. The van der Waals surface area contributed by atoms with Crippen LogP contribution in [0.4, 0.5) is 0 Å². The lowest BCUT2D eigenvalue weighted by molar-refractivity contribution is 0.0879. The van der Waals surface area contributed by atoms with Crippen LogP contribution in [0.5, 0.6) is 0 Å². The number of carbonyl (C=O) groups excluding carboxylic acids is 2. The summed E-state index contributed by atoms with van der Waals surface area (Å²) in [5.41, 5.74) is 0.593. The maximum absolute atomic E-state index is 10.9. The molecule has 1 aliphatic rings. The van der Waals surface area contributed by atoms with Gasteiger partial charge in [-0.15, -0.1) is 0 Å². The summed E-state index contributed by atoms with van der Waals surface area (Å²) in [5.74, 6) is -0.806. The number of hydrogen-bond acceptors (Lipinski definition) is 4. The number of fused-ring (bicyclic) bond motifs is 1. The lowest BCUT2D eigenvalue weighted by atomic mass is 10.2. The van der Waals surface area contributed by atoms with Gasteiger partial charge in [0.25, 0.3) is 11.8 Å². The molecule has 0 fully saturated rings. The molecule has 54 valence electrons. The average Bonchev–Trinajstić information content (AvgIpc) is 2.30. The van der Waals surface area contributed by atoms with Crippen LogP contribution in [-0.2, 0) is 0 Å². The van der Waals surface area contributed by atoms with Crippen LogP contribution in [0.3, 0.4) is 0 Å². The molecule has 1 aromatic rings. The molecule has 0 unspecified atom stereocenters. The number of carbonyl (C=O) groups is 2. The Kier molecular flexibility index (Phi) is 1.00. The van der Waals surface area contributed by atoms with Gasteiger partial charge in [-0.1, -0.05) is 0 Å². The highest BCUT2D eigenvalue weighted by Crippen LogP contribution is 2.10. The van der Waals surface area contributed by atoms with E-state index >= 15 is 0 Å². The quantitative estimate of drug-likeness (QED) is 0.498. The van der Waals surface area contributed by atoms with Gasteiger partial charge in [0.2, 0.25) is 0 Å². The molecule has 2 amide bonds. The topological polar surface area (TPSA) is 72.0 Å². The van der Waals surface area contributed by atoms with Gasteiger partial charge in [-0.3, -0.25) is 14.9 Å². The van der Waals surface area contributed by atoms with E-state index in [0.717, 1.165) is 0 Å². The zero-order chi connectivity index (χ0) is 7.84. The smallest absolute Gasteiger partial charge is 0.260 e. The van der Waals surface area contributed by atoms with Crippen molar-refractivity contribution in [2.24, 2.45) is 0 Å². The number of nitrogens with zero attached hydrogens (tertiary/aromatic N) is 2. The monoisotopic (exact) mass is 149 g/mol. The largest absolute Gasteiger partial charge is 0.288 e. The van der Waals surface area contributed by atoms with E-state index < -0.39 is 11.8 Å². The molecule has 1 aromatic heterocycles. The summed E-state index contributed by atoms with van der Waals surface area (Å²) in [7, 11) is 0. The predicted octanol–water partition coefficient (Wildman–Crippen LogP) is -0.640. The SMILES string of the molecule is O=C1NC(=O)c2cnncc21. The summed E-state index contributed by atoms with van der Waals surface area (Å²) < 4.78 is 0. The Hall–Kier alpha value is -1.78. The molecule has 0 aromatic carbocycles. The fourth-order valence-corrected chi connectivity index (χ4v) is 0.921. The van der Waals surface area contributed by atoms with Crippen LogP contribution in [0.15, 0.2) is 12.4 Å². The summed E-state index contributed by atoms with van der Waals surface area (Å²) in [4.78, 5) is 21.8. The van der Waals surface area contributed by atoms with Crippen LogP contribution in [0.2, 0.25) is 0 Å². The van der Waals surface area contributed by atoms with Crippen molar-refractivity contribution in [3.63, 3.8) is 0 Å².